The summed E-state index contributed by atoms with van der Waals surface area (Å²) in [4.78, 5) is 12.6. The molecule has 150 valence electrons. The summed E-state index contributed by atoms with van der Waals surface area (Å²) in [7, 11) is -3.62. The molecule has 1 heterocycles. The number of ether oxygens (including phenoxy) is 2. The van der Waals surface area contributed by atoms with Gasteiger partial charge in [-0.1, -0.05) is 18.2 Å². The van der Waals surface area contributed by atoms with Gasteiger partial charge in [0, 0.05) is 18.8 Å². The fourth-order valence-corrected chi connectivity index (χ4v) is 4.31. The third-order valence-corrected chi connectivity index (χ3v) is 6.28. The Balaban J connectivity index is 1.69. The van der Waals surface area contributed by atoms with Gasteiger partial charge in [-0.05, 0) is 49.7 Å². The molecule has 1 aliphatic heterocycles. The molecule has 7 nitrogen and oxygen atoms in total. The van der Waals surface area contributed by atoms with Crippen molar-refractivity contribution in [2.75, 3.05) is 31.6 Å². The number of sulfonamides is 1. The van der Waals surface area contributed by atoms with E-state index in [9.17, 15) is 13.2 Å². The van der Waals surface area contributed by atoms with Crippen LogP contribution in [0.3, 0.4) is 0 Å². The van der Waals surface area contributed by atoms with E-state index >= 15 is 0 Å². The summed E-state index contributed by atoms with van der Waals surface area (Å²) in [6.07, 6.45) is -0.735. The summed E-state index contributed by atoms with van der Waals surface area (Å²) < 4.78 is 37.8. The smallest absolute Gasteiger partial charge is 0.265 e. The molecule has 1 fully saturated rings. The highest BCUT2D eigenvalue weighted by atomic mass is 32.2. The molecule has 3 rings (SSSR count). The molecule has 0 aliphatic carbocycles. The van der Waals surface area contributed by atoms with Gasteiger partial charge in [0.15, 0.2) is 6.10 Å². The van der Waals surface area contributed by atoms with Gasteiger partial charge in [-0.2, -0.15) is 4.31 Å². The van der Waals surface area contributed by atoms with E-state index in [0.717, 1.165) is 5.56 Å². The Morgan fingerprint density at radius 1 is 1.14 bits per heavy atom. The zero-order valence-electron chi connectivity index (χ0n) is 15.9. The minimum Gasteiger partial charge on any atom is -0.481 e. The summed E-state index contributed by atoms with van der Waals surface area (Å²) in [5.41, 5.74) is 1.44. The Hall–Kier alpha value is -2.42. The summed E-state index contributed by atoms with van der Waals surface area (Å²) in [5.74, 6) is 0.244. The third-order valence-electron chi connectivity index (χ3n) is 4.38. The first-order chi connectivity index (χ1) is 13.4. The zero-order valence-corrected chi connectivity index (χ0v) is 16.7. The van der Waals surface area contributed by atoms with E-state index in [1.807, 2.05) is 25.1 Å². The minimum absolute atomic E-state index is 0.138. The van der Waals surface area contributed by atoms with Crippen LogP contribution in [0.1, 0.15) is 12.5 Å². The van der Waals surface area contributed by atoms with Gasteiger partial charge in [0.1, 0.15) is 5.75 Å². The van der Waals surface area contributed by atoms with Crippen molar-refractivity contribution in [2.24, 2.45) is 0 Å². The molecule has 0 unspecified atom stereocenters. The lowest BCUT2D eigenvalue weighted by atomic mass is 10.2. The first-order valence-electron chi connectivity index (χ1n) is 9.08. The zero-order chi connectivity index (χ0) is 20.1. The minimum atomic E-state index is -3.62. The lowest BCUT2D eigenvalue weighted by molar-refractivity contribution is -0.122. The molecule has 1 amide bonds. The van der Waals surface area contributed by atoms with Crippen LogP contribution in [0.4, 0.5) is 5.69 Å². The number of hydrogen-bond donors (Lipinski definition) is 1. The summed E-state index contributed by atoms with van der Waals surface area (Å²) in [5, 5.41) is 2.72. The number of carbonyl (C=O) groups excluding carboxylic acids is 1. The summed E-state index contributed by atoms with van der Waals surface area (Å²) >= 11 is 0. The van der Waals surface area contributed by atoms with Crippen LogP contribution in [0, 0.1) is 6.92 Å². The molecule has 0 saturated carbocycles. The van der Waals surface area contributed by atoms with Crippen LogP contribution in [-0.2, 0) is 19.6 Å². The molecule has 1 N–H and O–H groups in total. The molecule has 2 aromatic carbocycles. The van der Waals surface area contributed by atoms with Crippen LogP contribution in [0.15, 0.2) is 53.4 Å². The van der Waals surface area contributed by atoms with Crippen molar-refractivity contribution in [3.8, 4) is 5.75 Å². The standard InChI is InChI=1S/C20H24N2O5S/c1-15-5-3-7-18(13-15)27-16(2)20(23)21-17-6-4-8-19(14-17)28(24,25)22-9-11-26-12-10-22/h3-8,13-14,16H,9-12H2,1-2H3,(H,21,23)/t16-/m0/s1. The fourth-order valence-electron chi connectivity index (χ4n) is 2.86. The van der Waals surface area contributed by atoms with Crippen molar-refractivity contribution in [2.45, 2.75) is 24.8 Å². The van der Waals surface area contributed by atoms with Crippen molar-refractivity contribution in [3.63, 3.8) is 0 Å². The van der Waals surface area contributed by atoms with Gasteiger partial charge in [0.05, 0.1) is 18.1 Å². The Labute approximate surface area is 165 Å². The van der Waals surface area contributed by atoms with Gasteiger partial charge in [-0.25, -0.2) is 8.42 Å². The maximum atomic E-state index is 12.8. The van der Waals surface area contributed by atoms with Crippen molar-refractivity contribution >= 4 is 21.6 Å². The maximum absolute atomic E-state index is 12.8. The third kappa shape index (κ3) is 4.89. The van der Waals surface area contributed by atoms with Crippen molar-refractivity contribution < 1.29 is 22.7 Å². The molecule has 0 radical (unpaired) electrons. The van der Waals surface area contributed by atoms with E-state index in [1.165, 1.54) is 16.4 Å². The molecule has 0 bridgehead atoms. The van der Waals surface area contributed by atoms with Gasteiger partial charge >= 0.3 is 0 Å². The highest BCUT2D eigenvalue weighted by Crippen LogP contribution is 2.21. The van der Waals surface area contributed by atoms with E-state index in [0.29, 0.717) is 37.7 Å². The molecule has 1 atom stereocenters. The van der Waals surface area contributed by atoms with Gasteiger partial charge in [-0.3, -0.25) is 4.79 Å². The normalized spacial score (nSPS) is 16.4. The van der Waals surface area contributed by atoms with Gasteiger partial charge < -0.3 is 14.8 Å². The molecule has 1 aliphatic rings. The first-order valence-corrected chi connectivity index (χ1v) is 10.5. The van der Waals surface area contributed by atoms with Gasteiger partial charge in [0.25, 0.3) is 5.91 Å². The van der Waals surface area contributed by atoms with E-state index < -0.39 is 16.1 Å². The lowest BCUT2D eigenvalue weighted by Crippen LogP contribution is -2.40. The van der Waals surface area contributed by atoms with Crippen LogP contribution in [0.2, 0.25) is 0 Å². The van der Waals surface area contributed by atoms with Crippen LogP contribution >= 0.6 is 0 Å². The van der Waals surface area contributed by atoms with E-state index in [-0.39, 0.29) is 10.8 Å². The monoisotopic (exact) mass is 404 g/mol. The lowest BCUT2D eigenvalue weighted by Gasteiger charge is -2.26. The number of aryl methyl sites for hydroxylation is 1. The highest BCUT2D eigenvalue weighted by molar-refractivity contribution is 7.89. The predicted molar refractivity (Wildman–Crippen MR) is 106 cm³/mol. The highest BCUT2D eigenvalue weighted by Gasteiger charge is 2.26. The van der Waals surface area contributed by atoms with Gasteiger partial charge in [0.2, 0.25) is 10.0 Å². The van der Waals surface area contributed by atoms with Crippen molar-refractivity contribution in [1.82, 2.24) is 4.31 Å². The second-order valence-electron chi connectivity index (χ2n) is 6.61. The Morgan fingerprint density at radius 3 is 2.57 bits per heavy atom. The van der Waals surface area contributed by atoms with E-state index in [2.05, 4.69) is 5.32 Å². The quantitative estimate of drug-likeness (QED) is 0.799. The largest absolute Gasteiger partial charge is 0.481 e. The molecular formula is C20H24N2O5S. The molecule has 1 saturated heterocycles. The topological polar surface area (TPSA) is 84.9 Å². The fraction of sp³-hybridized carbons (Fsp3) is 0.350. The number of morpholine rings is 1. The average molecular weight is 404 g/mol. The second-order valence-corrected chi connectivity index (χ2v) is 8.55. The second kappa shape index (κ2) is 8.72. The molecule has 0 spiro atoms. The van der Waals surface area contributed by atoms with Crippen molar-refractivity contribution in [1.29, 1.82) is 0 Å². The SMILES string of the molecule is Cc1cccc(O[C@@H](C)C(=O)Nc2cccc(S(=O)(=O)N3CCOCC3)c2)c1. The number of benzene rings is 2. The van der Waals surface area contributed by atoms with Crippen LogP contribution in [0.5, 0.6) is 5.75 Å². The van der Waals surface area contributed by atoms with E-state index in [4.69, 9.17) is 9.47 Å². The number of nitrogens with one attached hydrogen (secondary N) is 1. The molecule has 0 aromatic heterocycles. The number of amides is 1. The Kier molecular flexibility index (Phi) is 6.33. The van der Waals surface area contributed by atoms with Crippen LogP contribution in [0.25, 0.3) is 0 Å². The summed E-state index contributed by atoms with van der Waals surface area (Å²) in [6, 6.07) is 13.7. The predicted octanol–water partition coefficient (Wildman–Crippen LogP) is 2.42. The molecular weight excluding hydrogens is 380 g/mol. The average Bonchev–Trinajstić information content (AvgIpc) is 2.69. The number of carbonyl (C=O) groups is 1. The number of hydrogen-bond acceptors (Lipinski definition) is 5. The van der Waals surface area contributed by atoms with Crippen molar-refractivity contribution in [3.05, 3.63) is 54.1 Å². The number of nitrogens with zero attached hydrogens (tertiary/aromatic N) is 1. The number of rotatable bonds is 6. The molecule has 2 aromatic rings. The van der Waals surface area contributed by atoms with Gasteiger partial charge in [-0.15, -0.1) is 0 Å². The van der Waals surface area contributed by atoms with E-state index in [1.54, 1.807) is 25.1 Å². The van der Waals surface area contributed by atoms with Crippen LogP contribution < -0.4 is 10.1 Å². The Bertz CT molecular complexity index is 939. The maximum Gasteiger partial charge on any atom is 0.265 e. The molecule has 28 heavy (non-hydrogen) atoms. The number of anilines is 1. The molecule has 8 heteroatoms. The first kappa shape index (κ1) is 20.3. The van der Waals surface area contributed by atoms with Crippen LogP contribution in [-0.4, -0.2) is 51.0 Å². The summed E-state index contributed by atoms with van der Waals surface area (Å²) in [6.45, 7) is 4.98. The Morgan fingerprint density at radius 2 is 1.86 bits per heavy atom.